The van der Waals surface area contributed by atoms with Gasteiger partial charge in [-0.15, -0.1) is 5.06 Å². The SMILES string of the molecule is CC(C)(C)C(=O)ON1CCC(NCCN)CC1. The molecule has 0 saturated carbocycles. The monoisotopic (exact) mass is 243 g/mol. The lowest BCUT2D eigenvalue weighted by Gasteiger charge is -2.32. The van der Waals surface area contributed by atoms with Crippen molar-refractivity contribution in [2.24, 2.45) is 11.1 Å². The van der Waals surface area contributed by atoms with Crippen molar-refractivity contribution in [3.05, 3.63) is 0 Å². The number of piperidine rings is 1. The van der Waals surface area contributed by atoms with Crippen molar-refractivity contribution in [1.82, 2.24) is 10.4 Å². The molecule has 3 N–H and O–H groups in total. The molecule has 17 heavy (non-hydrogen) atoms. The van der Waals surface area contributed by atoms with Crippen LogP contribution in [0.15, 0.2) is 0 Å². The molecule has 0 aliphatic carbocycles. The summed E-state index contributed by atoms with van der Waals surface area (Å²) >= 11 is 0. The van der Waals surface area contributed by atoms with Crippen molar-refractivity contribution in [1.29, 1.82) is 0 Å². The lowest BCUT2D eigenvalue weighted by atomic mass is 9.98. The Bertz CT molecular complexity index is 243. The number of hydrogen-bond acceptors (Lipinski definition) is 5. The fourth-order valence-electron chi connectivity index (χ4n) is 1.69. The van der Waals surface area contributed by atoms with E-state index in [1.165, 1.54) is 0 Å². The fourth-order valence-corrected chi connectivity index (χ4v) is 1.69. The van der Waals surface area contributed by atoms with Gasteiger partial charge in [0.15, 0.2) is 0 Å². The molecule has 0 spiro atoms. The molecular weight excluding hydrogens is 218 g/mol. The molecule has 0 atom stereocenters. The van der Waals surface area contributed by atoms with E-state index >= 15 is 0 Å². The lowest BCUT2D eigenvalue weighted by molar-refractivity contribution is -0.204. The van der Waals surface area contributed by atoms with Crippen LogP contribution in [0.1, 0.15) is 33.6 Å². The molecule has 0 aromatic heterocycles. The summed E-state index contributed by atoms with van der Waals surface area (Å²) in [7, 11) is 0. The molecule has 0 radical (unpaired) electrons. The van der Waals surface area contributed by atoms with Crippen LogP contribution in [0.3, 0.4) is 0 Å². The summed E-state index contributed by atoms with van der Waals surface area (Å²) in [6.45, 7) is 8.71. The molecule has 0 aromatic rings. The summed E-state index contributed by atoms with van der Waals surface area (Å²) in [5.74, 6) is -0.161. The second-order valence-corrected chi connectivity index (χ2v) is 5.57. The Kier molecular flexibility index (Phi) is 5.36. The molecule has 5 nitrogen and oxygen atoms in total. The first-order valence-electron chi connectivity index (χ1n) is 6.34. The maximum absolute atomic E-state index is 11.7. The lowest BCUT2D eigenvalue weighted by Crippen LogP contribution is -2.45. The van der Waals surface area contributed by atoms with E-state index < -0.39 is 5.41 Å². The van der Waals surface area contributed by atoms with Gasteiger partial charge in [0.05, 0.1) is 5.41 Å². The van der Waals surface area contributed by atoms with Crippen LogP contribution in [0, 0.1) is 5.41 Å². The van der Waals surface area contributed by atoms with Gasteiger partial charge in [-0.2, -0.15) is 0 Å². The smallest absolute Gasteiger partial charge is 0.330 e. The van der Waals surface area contributed by atoms with E-state index in [1.807, 2.05) is 20.8 Å². The molecule has 1 aliphatic rings. The van der Waals surface area contributed by atoms with E-state index in [1.54, 1.807) is 5.06 Å². The average molecular weight is 243 g/mol. The molecule has 1 aliphatic heterocycles. The molecule has 1 saturated heterocycles. The van der Waals surface area contributed by atoms with Gasteiger partial charge in [-0.3, -0.25) is 0 Å². The fraction of sp³-hybridized carbons (Fsp3) is 0.917. The summed E-state index contributed by atoms with van der Waals surface area (Å²) in [5.41, 5.74) is 5.01. The Balaban J connectivity index is 2.25. The minimum Gasteiger partial charge on any atom is -0.367 e. The van der Waals surface area contributed by atoms with Crippen molar-refractivity contribution < 1.29 is 9.63 Å². The van der Waals surface area contributed by atoms with Crippen LogP contribution >= 0.6 is 0 Å². The van der Waals surface area contributed by atoms with Crippen LogP contribution in [0.5, 0.6) is 0 Å². The summed E-state index contributed by atoms with van der Waals surface area (Å²) in [4.78, 5) is 17.0. The van der Waals surface area contributed by atoms with Gasteiger partial charge in [0, 0.05) is 32.2 Å². The highest BCUT2D eigenvalue weighted by Gasteiger charge is 2.28. The topological polar surface area (TPSA) is 67.6 Å². The van der Waals surface area contributed by atoms with Crippen molar-refractivity contribution in [2.75, 3.05) is 26.2 Å². The van der Waals surface area contributed by atoms with Crippen molar-refractivity contribution in [3.63, 3.8) is 0 Å². The predicted octanol–water partition coefficient (Wildman–Crippen LogP) is 0.503. The molecule has 0 aromatic carbocycles. The van der Waals surface area contributed by atoms with Crippen LogP contribution in [-0.2, 0) is 9.63 Å². The summed E-state index contributed by atoms with van der Waals surface area (Å²) in [5, 5.41) is 5.16. The second kappa shape index (κ2) is 6.33. The first-order valence-corrected chi connectivity index (χ1v) is 6.34. The molecule has 0 unspecified atom stereocenters. The number of rotatable bonds is 4. The van der Waals surface area contributed by atoms with E-state index in [0.29, 0.717) is 12.6 Å². The molecule has 1 fully saturated rings. The number of nitrogens with two attached hydrogens (primary N) is 1. The first-order chi connectivity index (χ1) is 7.93. The molecule has 0 amide bonds. The van der Waals surface area contributed by atoms with Gasteiger partial charge in [0.1, 0.15) is 0 Å². The number of hydrogen-bond donors (Lipinski definition) is 2. The zero-order valence-electron chi connectivity index (χ0n) is 11.2. The van der Waals surface area contributed by atoms with E-state index in [4.69, 9.17) is 10.6 Å². The highest BCUT2D eigenvalue weighted by Crippen LogP contribution is 2.18. The number of hydroxylamine groups is 2. The van der Waals surface area contributed by atoms with Crippen LogP contribution in [0.2, 0.25) is 0 Å². The van der Waals surface area contributed by atoms with Crippen LogP contribution < -0.4 is 11.1 Å². The third-order valence-electron chi connectivity index (χ3n) is 2.86. The van der Waals surface area contributed by atoms with Gasteiger partial charge in [-0.05, 0) is 33.6 Å². The number of carbonyl (C=O) groups excluding carboxylic acids is 1. The molecule has 1 heterocycles. The Morgan fingerprint density at radius 3 is 2.47 bits per heavy atom. The molecule has 1 rings (SSSR count). The third kappa shape index (κ3) is 5.02. The van der Waals surface area contributed by atoms with Crippen molar-refractivity contribution in [3.8, 4) is 0 Å². The summed E-state index contributed by atoms with van der Waals surface area (Å²) in [6, 6.07) is 0.503. The normalized spacial score (nSPS) is 19.3. The highest BCUT2D eigenvalue weighted by atomic mass is 16.7. The third-order valence-corrected chi connectivity index (χ3v) is 2.86. The van der Waals surface area contributed by atoms with E-state index in [2.05, 4.69) is 5.32 Å². The Morgan fingerprint density at radius 1 is 1.41 bits per heavy atom. The van der Waals surface area contributed by atoms with Gasteiger partial charge in [-0.1, -0.05) is 0 Å². The number of nitrogens with one attached hydrogen (secondary N) is 1. The first kappa shape index (κ1) is 14.4. The summed E-state index contributed by atoms with van der Waals surface area (Å²) in [6.07, 6.45) is 1.99. The van der Waals surface area contributed by atoms with E-state index in [0.717, 1.165) is 32.5 Å². The minimum absolute atomic E-state index is 0.161. The van der Waals surface area contributed by atoms with Crippen LogP contribution in [-0.4, -0.2) is 43.3 Å². The quantitative estimate of drug-likeness (QED) is 0.753. The largest absolute Gasteiger partial charge is 0.367 e. The zero-order chi connectivity index (χ0) is 12.9. The standard InChI is InChI=1S/C12H25N3O2/c1-12(2,3)11(16)17-15-8-4-10(5-9-15)14-7-6-13/h10,14H,4-9,13H2,1-3H3. The van der Waals surface area contributed by atoms with Crippen molar-refractivity contribution in [2.45, 2.75) is 39.7 Å². The van der Waals surface area contributed by atoms with Gasteiger partial charge in [-0.25, -0.2) is 4.79 Å². The number of nitrogens with zero attached hydrogens (tertiary/aromatic N) is 1. The van der Waals surface area contributed by atoms with Gasteiger partial charge in [0.25, 0.3) is 0 Å². The Labute approximate surface area is 104 Å². The molecule has 5 heteroatoms. The van der Waals surface area contributed by atoms with Crippen LogP contribution in [0.4, 0.5) is 0 Å². The second-order valence-electron chi connectivity index (χ2n) is 5.57. The van der Waals surface area contributed by atoms with E-state index in [9.17, 15) is 4.79 Å². The predicted molar refractivity (Wildman–Crippen MR) is 67.2 cm³/mol. The van der Waals surface area contributed by atoms with Gasteiger partial charge >= 0.3 is 5.97 Å². The maximum Gasteiger partial charge on any atom is 0.330 e. The number of carbonyl (C=O) groups is 1. The Morgan fingerprint density at radius 2 is 2.00 bits per heavy atom. The molecule has 0 bridgehead atoms. The van der Waals surface area contributed by atoms with Gasteiger partial charge in [0.2, 0.25) is 0 Å². The maximum atomic E-state index is 11.7. The van der Waals surface area contributed by atoms with Gasteiger partial charge < -0.3 is 15.9 Å². The molecule has 100 valence electrons. The highest BCUT2D eigenvalue weighted by molar-refractivity contribution is 5.75. The Hall–Kier alpha value is -0.650. The summed E-state index contributed by atoms with van der Waals surface area (Å²) < 4.78 is 0. The van der Waals surface area contributed by atoms with E-state index in [-0.39, 0.29) is 5.97 Å². The minimum atomic E-state index is -0.436. The zero-order valence-corrected chi connectivity index (χ0v) is 11.2. The molecular formula is C12H25N3O2. The van der Waals surface area contributed by atoms with Crippen molar-refractivity contribution >= 4 is 5.97 Å². The van der Waals surface area contributed by atoms with Crippen LogP contribution in [0.25, 0.3) is 0 Å². The average Bonchev–Trinajstić information content (AvgIpc) is 2.27.